The highest BCUT2D eigenvalue weighted by Crippen LogP contribution is 2.28. The SMILES string of the molecule is CC.CC.CC(C)C(=O)OCOC(=O)NCCCC(Cc1cn(C2CCCCC2)cn1)C(=O)O. The highest BCUT2D eigenvalue weighted by atomic mass is 16.7. The molecule has 0 aliphatic heterocycles. The molecule has 2 N–H and O–H groups in total. The maximum Gasteiger partial charge on any atom is 0.410 e. The van der Waals surface area contributed by atoms with E-state index in [1.807, 2.05) is 40.2 Å². The van der Waals surface area contributed by atoms with E-state index < -0.39 is 30.7 Å². The summed E-state index contributed by atoms with van der Waals surface area (Å²) in [5.41, 5.74) is 0.785. The molecule has 1 aromatic rings. The first kappa shape index (κ1) is 31.4. The number of carboxylic acid groups (broad SMARTS) is 1. The van der Waals surface area contributed by atoms with Crippen LogP contribution in [0.5, 0.6) is 0 Å². The standard InChI is InChI=1S/C21H33N3O6.2C2H6/c1-15(2)20(27)29-14-30-21(28)22-10-6-7-16(19(25)26)11-17-12-24(13-23-17)18-8-4-3-5-9-18;2*1-2/h12-13,15-16,18H,3-11,14H2,1-2H3,(H,22,28)(H,25,26);2*1-2H3. The van der Waals surface area contributed by atoms with Crippen LogP contribution in [0.3, 0.4) is 0 Å². The Morgan fingerprint density at radius 3 is 2.35 bits per heavy atom. The number of carboxylic acids is 1. The van der Waals surface area contributed by atoms with Crippen molar-refractivity contribution in [2.75, 3.05) is 13.3 Å². The Hall–Kier alpha value is -2.58. The van der Waals surface area contributed by atoms with Gasteiger partial charge in [0, 0.05) is 25.2 Å². The highest BCUT2D eigenvalue weighted by Gasteiger charge is 2.21. The second kappa shape index (κ2) is 18.8. The molecule has 1 aliphatic carbocycles. The van der Waals surface area contributed by atoms with E-state index in [2.05, 4.69) is 14.9 Å². The number of carbonyl (C=O) groups excluding carboxylic acids is 2. The van der Waals surface area contributed by atoms with Crippen LogP contribution >= 0.6 is 0 Å². The minimum Gasteiger partial charge on any atom is -0.481 e. The van der Waals surface area contributed by atoms with Crippen molar-refractivity contribution >= 4 is 18.0 Å². The van der Waals surface area contributed by atoms with Gasteiger partial charge in [-0.1, -0.05) is 60.8 Å². The number of hydrogen-bond acceptors (Lipinski definition) is 6. The summed E-state index contributed by atoms with van der Waals surface area (Å²) in [5.74, 6) is -2.17. The second-order valence-electron chi connectivity index (χ2n) is 8.08. The number of carbonyl (C=O) groups is 3. The molecule has 1 atom stereocenters. The van der Waals surface area contributed by atoms with Crippen molar-refractivity contribution in [2.45, 2.75) is 99.0 Å². The molecule has 1 saturated carbocycles. The Bertz CT molecular complexity index is 699. The van der Waals surface area contributed by atoms with Crippen LogP contribution in [0, 0.1) is 11.8 Å². The van der Waals surface area contributed by atoms with Crippen molar-refractivity contribution in [3.63, 3.8) is 0 Å². The zero-order valence-corrected chi connectivity index (χ0v) is 21.8. The number of esters is 1. The van der Waals surface area contributed by atoms with Crippen LogP contribution in [0.15, 0.2) is 12.5 Å². The molecule has 196 valence electrons. The lowest BCUT2D eigenvalue weighted by molar-refractivity contribution is -0.155. The van der Waals surface area contributed by atoms with Gasteiger partial charge >= 0.3 is 18.0 Å². The number of imidazole rings is 1. The van der Waals surface area contributed by atoms with Gasteiger partial charge in [0.15, 0.2) is 0 Å². The molecule has 1 fully saturated rings. The molecule has 0 saturated heterocycles. The molecule has 34 heavy (non-hydrogen) atoms. The zero-order chi connectivity index (χ0) is 25.9. The quantitative estimate of drug-likeness (QED) is 0.247. The first-order valence-corrected chi connectivity index (χ1v) is 12.7. The maximum atomic E-state index is 11.6. The van der Waals surface area contributed by atoms with Crippen LogP contribution in [0.4, 0.5) is 4.79 Å². The predicted octanol–water partition coefficient (Wildman–Crippen LogP) is 5.35. The van der Waals surface area contributed by atoms with E-state index in [0.717, 1.165) is 18.5 Å². The van der Waals surface area contributed by atoms with E-state index in [1.165, 1.54) is 19.3 Å². The number of nitrogens with zero attached hydrogens (tertiary/aromatic N) is 2. The summed E-state index contributed by atoms with van der Waals surface area (Å²) in [6, 6.07) is 0.471. The Kier molecular flexibility index (Phi) is 17.4. The monoisotopic (exact) mass is 483 g/mol. The molecule has 9 nitrogen and oxygen atoms in total. The molecule has 1 unspecified atom stereocenters. The van der Waals surface area contributed by atoms with Gasteiger partial charge in [-0.25, -0.2) is 9.78 Å². The first-order valence-electron chi connectivity index (χ1n) is 12.7. The number of amides is 1. The molecule has 1 amide bonds. The molecule has 1 aromatic heterocycles. The second-order valence-corrected chi connectivity index (χ2v) is 8.08. The van der Waals surface area contributed by atoms with E-state index in [4.69, 9.17) is 9.47 Å². The summed E-state index contributed by atoms with van der Waals surface area (Å²) < 4.78 is 11.6. The minimum atomic E-state index is -0.870. The first-order chi connectivity index (χ1) is 16.4. The van der Waals surface area contributed by atoms with Crippen molar-refractivity contribution in [1.29, 1.82) is 0 Å². The number of alkyl carbamates (subject to hydrolysis) is 1. The highest BCUT2D eigenvalue weighted by molar-refractivity contribution is 5.72. The molecule has 0 bridgehead atoms. The molecular weight excluding hydrogens is 438 g/mol. The van der Waals surface area contributed by atoms with Gasteiger partial charge in [0.1, 0.15) is 0 Å². The summed E-state index contributed by atoms with van der Waals surface area (Å²) >= 11 is 0. The third-order valence-electron chi connectivity index (χ3n) is 5.32. The predicted molar refractivity (Wildman–Crippen MR) is 131 cm³/mol. The van der Waals surface area contributed by atoms with Crippen LogP contribution in [-0.2, 0) is 25.5 Å². The van der Waals surface area contributed by atoms with Crippen molar-refractivity contribution < 1.29 is 29.0 Å². The van der Waals surface area contributed by atoms with Crippen molar-refractivity contribution in [3.05, 3.63) is 18.2 Å². The number of hydrogen-bond donors (Lipinski definition) is 2. The van der Waals surface area contributed by atoms with Gasteiger partial charge < -0.3 is 24.5 Å². The average Bonchev–Trinajstić information content (AvgIpc) is 3.32. The molecule has 9 heteroatoms. The van der Waals surface area contributed by atoms with Gasteiger partial charge in [0.25, 0.3) is 0 Å². The van der Waals surface area contributed by atoms with Crippen molar-refractivity contribution in [2.24, 2.45) is 11.8 Å². The summed E-state index contributed by atoms with van der Waals surface area (Å²) in [6.45, 7) is 11.2. The summed E-state index contributed by atoms with van der Waals surface area (Å²) in [6.07, 6.45) is 10.4. The zero-order valence-electron chi connectivity index (χ0n) is 21.8. The van der Waals surface area contributed by atoms with Crippen LogP contribution < -0.4 is 5.32 Å². The lowest BCUT2D eigenvalue weighted by Gasteiger charge is -2.22. The molecule has 1 heterocycles. The van der Waals surface area contributed by atoms with Gasteiger partial charge in [-0.3, -0.25) is 9.59 Å². The number of aliphatic carboxylic acids is 1. The number of aromatic nitrogens is 2. The molecular formula is C25H45N3O6. The fourth-order valence-corrected chi connectivity index (χ4v) is 3.53. The number of nitrogens with one attached hydrogen (secondary N) is 1. The van der Waals surface area contributed by atoms with E-state index in [1.54, 1.807) is 13.8 Å². The van der Waals surface area contributed by atoms with Crippen LogP contribution in [0.2, 0.25) is 0 Å². The normalized spacial score (nSPS) is 14.1. The Labute approximate surface area is 204 Å². The fourth-order valence-electron chi connectivity index (χ4n) is 3.53. The lowest BCUT2D eigenvalue weighted by Crippen LogP contribution is -2.28. The van der Waals surface area contributed by atoms with Gasteiger partial charge in [-0.15, -0.1) is 0 Å². The third kappa shape index (κ3) is 12.6. The van der Waals surface area contributed by atoms with Crippen molar-refractivity contribution in [3.8, 4) is 0 Å². The Balaban J connectivity index is 0.00000258. The largest absolute Gasteiger partial charge is 0.481 e. The van der Waals surface area contributed by atoms with Crippen LogP contribution in [0.1, 0.15) is 98.2 Å². The molecule has 2 rings (SSSR count). The number of rotatable bonds is 11. The smallest absolute Gasteiger partial charge is 0.410 e. The molecule has 0 aromatic carbocycles. The fraction of sp³-hybridized carbons (Fsp3) is 0.760. The van der Waals surface area contributed by atoms with Crippen molar-refractivity contribution in [1.82, 2.24) is 14.9 Å². The van der Waals surface area contributed by atoms with Gasteiger partial charge in [-0.2, -0.15) is 0 Å². The van der Waals surface area contributed by atoms with Gasteiger partial charge in [0.05, 0.1) is 23.9 Å². The van der Waals surface area contributed by atoms with E-state index in [9.17, 15) is 19.5 Å². The summed E-state index contributed by atoms with van der Waals surface area (Å²) in [4.78, 5) is 38.8. The molecule has 0 radical (unpaired) electrons. The summed E-state index contributed by atoms with van der Waals surface area (Å²) in [5, 5.41) is 12.0. The van der Waals surface area contributed by atoms with Crippen LogP contribution in [-0.4, -0.2) is 46.0 Å². The minimum absolute atomic E-state index is 0.275. The molecule has 0 spiro atoms. The lowest BCUT2D eigenvalue weighted by atomic mass is 9.95. The average molecular weight is 484 g/mol. The number of ether oxygens (including phenoxy) is 2. The van der Waals surface area contributed by atoms with Gasteiger partial charge in [-0.05, 0) is 25.7 Å². The van der Waals surface area contributed by atoms with Crippen LogP contribution in [0.25, 0.3) is 0 Å². The molecule has 1 aliphatic rings. The van der Waals surface area contributed by atoms with E-state index >= 15 is 0 Å². The topological polar surface area (TPSA) is 120 Å². The maximum absolute atomic E-state index is 11.6. The third-order valence-corrected chi connectivity index (χ3v) is 5.32. The van der Waals surface area contributed by atoms with Gasteiger partial charge in [0.2, 0.25) is 6.79 Å². The van der Waals surface area contributed by atoms with E-state index in [0.29, 0.717) is 25.3 Å². The van der Waals surface area contributed by atoms with E-state index in [-0.39, 0.29) is 12.5 Å². The Morgan fingerprint density at radius 2 is 1.76 bits per heavy atom. The summed E-state index contributed by atoms with van der Waals surface area (Å²) in [7, 11) is 0. The Morgan fingerprint density at radius 1 is 1.12 bits per heavy atom.